The number of methoxy groups -OCH3 is 1. The van der Waals surface area contributed by atoms with Gasteiger partial charge in [-0.2, -0.15) is 0 Å². The molecule has 1 saturated carbocycles. The Morgan fingerprint density at radius 2 is 1.90 bits per heavy atom. The topological polar surface area (TPSA) is 33.7 Å². The summed E-state index contributed by atoms with van der Waals surface area (Å²) in [5, 5.41) is 3.52. The largest absolute Gasteiger partial charge is 0.492 e. The summed E-state index contributed by atoms with van der Waals surface area (Å²) in [5.74, 6) is 0.954. The monoisotopic (exact) mass is 292 g/mol. The number of nitrogens with one attached hydrogen (secondary N) is 1. The number of hydrogen-bond donors (Lipinski definition) is 1. The maximum absolute atomic E-state index is 5.78. The van der Waals surface area contributed by atoms with Crippen LogP contribution in [0.5, 0.6) is 5.75 Å². The zero-order valence-electron chi connectivity index (χ0n) is 13.3. The van der Waals surface area contributed by atoms with Crippen molar-refractivity contribution in [2.75, 3.05) is 40.5 Å². The predicted octanol–water partition coefficient (Wildman–Crippen LogP) is 2.29. The van der Waals surface area contributed by atoms with Crippen LogP contribution in [0.4, 0.5) is 0 Å². The van der Waals surface area contributed by atoms with Gasteiger partial charge in [-0.1, -0.05) is 12.1 Å². The molecule has 1 aromatic rings. The summed E-state index contributed by atoms with van der Waals surface area (Å²) in [6.45, 7) is 4.50. The van der Waals surface area contributed by atoms with Gasteiger partial charge in [0.25, 0.3) is 0 Å². The summed E-state index contributed by atoms with van der Waals surface area (Å²) < 4.78 is 10.8. The van der Waals surface area contributed by atoms with E-state index in [1.165, 1.54) is 18.4 Å². The van der Waals surface area contributed by atoms with E-state index in [4.69, 9.17) is 9.47 Å². The summed E-state index contributed by atoms with van der Waals surface area (Å²) in [4.78, 5) is 2.27. The van der Waals surface area contributed by atoms with Gasteiger partial charge in [0.2, 0.25) is 0 Å². The first-order chi connectivity index (χ1) is 10.3. The lowest BCUT2D eigenvalue weighted by atomic mass is 10.2. The van der Waals surface area contributed by atoms with Gasteiger partial charge in [-0.05, 0) is 44.0 Å². The van der Waals surface area contributed by atoms with Crippen LogP contribution in [0, 0.1) is 0 Å². The molecule has 0 aromatic heterocycles. The van der Waals surface area contributed by atoms with Crippen LogP contribution in [-0.2, 0) is 11.3 Å². The lowest BCUT2D eigenvalue weighted by molar-refractivity contribution is 0.172. The van der Waals surface area contributed by atoms with Crippen molar-refractivity contribution in [1.82, 2.24) is 10.2 Å². The number of likely N-dealkylation sites (N-methyl/N-ethyl adjacent to an activating group) is 1. The second-order valence-electron chi connectivity index (χ2n) is 5.80. The van der Waals surface area contributed by atoms with Crippen molar-refractivity contribution in [2.45, 2.75) is 31.8 Å². The Morgan fingerprint density at radius 3 is 2.57 bits per heavy atom. The first kappa shape index (κ1) is 16.3. The van der Waals surface area contributed by atoms with Crippen LogP contribution in [0.3, 0.4) is 0 Å². The maximum atomic E-state index is 5.78. The fraction of sp³-hybridized carbons (Fsp3) is 0.647. The SMILES string of the molecule is COCCCN(C)CCOc1ccc(CNC2CC2)cc1. The molecule has 4 nitrogen and oxygen atoms in total. The number of rotatable bonds is 11. The molecule has 0 bridgehead atoms. The molecule has 0 spiro atoms. The third-order valence-corrected chi connectivity index (χ3v) is 3.73. The molecule has 0 atom stereocenters. The van der Waals surface area contributed by atoms with E-state index in [-0.39, 0.29) is 0 Å². The standard InChI is InChI=1S/C17H28N2O2/c1-19(10-3-12-20-2)11-13-21-17-8-4-15(5-9-17)14-18-16-6-7-16/h4-5,8-9,16,18H,3,6-7,10-14H2,1-2H3. The van der Waals surface area contributed by atoms with Crippen LogP contribution in [0.25, 0.3) is 0 Å². The summed E-state index contributed by atoms with van der Waals surface area (Å²) >= 11 is 0. The minimum atomic E-state index is 0.725. The third kappa shape index (κ3) is 6.93. The van der Waals surface area contributed by atoms with Crippen molar-refractivity contribution >= 4 is 0 Å². The maximum Gasteiger partial charge on any atom is 0.119 e. The van der Waals surface area contributed by atoms with Crippen LogP contribution >= 0.6 is 0 Å². The summed E-state index contributed by atoms with van der Waals surface area (Å²) in [7, 11) is 3.86. The second-order valence-corrected chi connectivity index (χ2v) is 5.80. The van der Waals surface area contributed by atoms with Gasteiger partial charge in [0.15, 0.2) is 0 Å². The van der Waals surface area contributed by atoms with Crippen LogP contribution in [0.2, 0.25) is 0 Å². The Bertz CT molecular complexity index is 390. The predicted molar refractivity (Wildman–Crippen MR) is 85.8 cm³/mol. The zero-order valence-corrected chi connectivity index (χ0v) is 13.3. The molecule has 1 fully saturated rings. The quantitative estimate of drug-likeness (QED) is 0.635. The van der Waals surface area contributed by atoms with Crippen molar-refractivity contribution in [2.24, 2.45) is 0 Å². The molecule has 1 N–H and O–H groups in total. The molecule has 2 rings (SSSR count). The highest BCUT2D eigenvalue weighted by atomic mass is 16.5. The molecule has 0 aliphatic heterocycles. The molecule has 21 heavy (non-hydrogen) atoms. The summed E-state index contributed by atoms with van der Waals surface area (Å²) in [6.07, 6.45) is 3.73. The van der Waals surface area contributed by atoms with E-state index in [9.17, 15) is 0 Å². The van der Waals surface area contributed by atoms with E-state index < -0.39 is 0 Å². The fourth-order valence-corrected chi connectivity index (χ4v) is 2.16. The van der Waals surface area contributed by atoms with Gasteiger partial charge in [0.1, 0.15) is 12.4 Å². The number of nitrogens with zero attached hydrogens (tertiary/aromatic N) is 1. The van der Waals surface area contributed by atoms with E-state index in [0.29, 0.717) is 0 Å². The average Bonchev–Trinajstić information content (AvgIpc) is 3.31. The molecule has 0 amide bonds. The van der Waals surface area contributed by atoms with Gasteiger partial charge in [-0.3, -0.25) is 0 Å². The molecule has 0 unspecified atom stereocenters. The van der Waals surface area contributed by atoms with E-state index in [1.807, 2.05) is 0 Å². The van der Waals surface area contributed by atoms with Gasteiger partial charge in [-0.25, -0.2) is 0 Å². The molecular formula is C17H28N2O2. The molecule has 0 saturated heterocycles. The van der Waals surface area contributed by atoms with Gasteiger partial charge < -0.3 is 19.7 Å². The van der Waals surface area contributed by atoms with Crippen LogP contribution in [-0.4, -0.2) is 51.4 Å². The van der Waals surface area contributed by atoms with Crippen molar-refractivity contribution in [3.63, 3.8) is 0 Å². The number of benzene rings is 1. The van der Waals surface area contributed by atoms with Crippen molar-refractivity contribution in [3.05, 3.63) is 29.8 Å². The van der Waals surface area contributed by atoms with Gasteiger partial charge >= 0.3 is 0 Å². The van der Waals surface area contributed by atoms with E-state index in [1.54, 1.807) is 7.11 Å². The molecule has 1 aliphatic rings. The highest BCUT2D eigenvalue weighted by Gasteiger charge is 2.19. The number of ether oxygens (including phenoxy) is 2. The van der Waals surface area contributed by atoms with Crippen molar-refractivity contribution in [1.29, 1.82) is 0 Å². The Morgan fingerprint density at radius 1 is 1.14 bits per heavy atom. The lowest BCUT2D eigenvalue weighted by Gasteiger charge is -2.16. The fourth-order valence-electron chi connectivity index (χ4n) is 2.16. The normalized spacial score (nSPS) is 14.6. The molecule has 0 heterocycles. The smallest absolute Gasteiger partial charge is 0.119 e. The molecule has 118 valence electrons. The lowest BCUT2D eigenvalue weighted by Crippen LogP contribution is -2.26. The minimum Gasteiger partial charge on any atom is -0.492 e. The average molecular weight is 292 g/mol. The van der Waals surface area contributed by atoms with Crippen LogP contribution < -0.4 is 10.1 Å². The first-order valence-electron chi connectivity index (χ1n) is 7.90. The molecule has 0 radical (unpaired) electrons. The van der Waals surface area contributed by atoms with E-state index >= 15 is 0 Å². The Labute approximate surface area is 128 Å². The summed E-state index contributed by atoms with van der Waals surface area (Å²) in [6, 6.07) is 9.18. The first-order valence-corrected chi connectivity index (χ1v) is 7.90. The minimum absolute atomic E-state index is 0.725. The molecule has 4 heteroatoms. The zero-order chi connectivity index (χ0) is 14.9. The van der Waals surface area contributed by atoms with E-state index in [0.717, 1.165) is 51.1 Å². The summed E-state index contributed by atoms with van der Waals surface area (Å²) in [5.41, 5.74) is 1.32. The Hall–Kier alpha value is -1.10. The van der Waals surface area contributed by atoms with Gasteiger partial charge in [0, 0.05) is 39.4 Å². The molecule has 1 aliphatic carbocycles. The van der Waals surface area contributed by atoms with E-state index in [2.05, 4.69) is 41.5 Å². The molecular weight excluding hydrogens is 264 g/mol. The van der Waals surface area contributed by atoms with Crippen LogP contribution in [0.1, 0.15) is 24.8 Å². The highest BCUT2D eigenvalue weighted by Crippen LogP contribution is 2.19. The Balaban J connectivity index is 1.59. The van der Waals surface area contributed by atoms with Crippen LogP contribution in [0.15, 0.2) is 24.3 Å². The van der Waals surface area contributed by atoms with Crippen molar-refractivity contribution < 1.29 is 9.47 Å². The highest BCUT2D eigenvalue weighted by molar-refractivity contribution is 5.27. The van der Waals surface area contributed by atoms with Gasteiger partial charge in [0.05, 0.1) is 0 Å². The second kappa shape index (κ2) is 9.03. The Kier molecular flexibility index (Phi) is 7.00. The number of hydrogen-bond acceptors (Lipinski definition) is 4. The molecule has 1 aromatic carbocycles. The van der Waals surface area contributed by atoms with Crippen molar-refractivity contribution in [3.8, 4) is 5.75 Å². The van der Waals surface area contributed by atoms with Gasteiger partial charge in [-0.15, -0.1) is 0 Å². The third-order valence-electron chi connectivity index (χ3n) is 3.73.